The molecule has 0 aliphatic heterocycles. The summed E-state index contributed by atoms with van der Waals surface area (Å²) >= 11 is 0. The monoisotopic (exact) mass is 311 g/mol. The summed E-state index contributed by atoms with van der Waals surface area (Å²) in [6, 6.07) is 8.27. The first-order valence-electron chi connectivity index (χ1n) is 8.69. The van der Waals surface area contributed by atoms with Crippen LogP contribution in [0, 0.1) is 0 Å². The molecule has 0 fully saturated rings. The van der Waals surface area contributed by atoms with Crippen molar-refractivity contribution in [1.82, 2.24) is 14.5 Å². The predicted molar refractivity (Wildman–Crippen MR) is 94.4 cm³/mol. The second-order valence-electron chi connectivity index (χ2n) is 6.15. The van der Waals surface area contributed by atoms with E-state index >= 15 is 0 Å². The number of benzene rings is 1. The Morgan fingerprint density at radius 3 is 2.39 bits per heavy atom. The number of rotatable bonds is 9. The number of aromatic nitrogens is 3. The largest absolute Gasteiger partial charge is 0.396 e. The maximum absolute atomic E-state index is 8.76. The smallest absolute Gasteiger partial charge is 0.107 e. The molecule has 0 saturated heterocycles. The lowest BCUT2D eigenvalue weighted by Gasteiger charge is -2.06. The molecule has 2 heterocycles. The number of nitrogens with zero attached hydrogens (tertiary/aromatic N) is 3. The fraction of sp³-hybridized carbons (Fsp3) is 0.474. The molecule has 0 aliphatic rings. The van der Waals surface area contributed by atoms with Gasteiger partial charge >= 0.3 is 0 Å². The van der Waals surface area contributed by atoms with Crippen LogP contribution in [0.25, 0.3) is 21.9 Å². The van der Waals surface area contributed by atoms with Crippen molar-refractivity contribution < 1.29 is 5.11 Å². The number of para-hydroxylation sites is 1. The van der Waals surface area contributed by atoms with Gasteiger partial charge in [0.05, 0.1) is 23.6 Å². The zero-order valence-electron chi connectivity index (χ0n) is 13.6. The number of pyridine rings is 1. The van der Waals surface area contributed by atoms with Crippen LogP contribution < -0.4 is 0 Å². The van der Waals surface area contributed by atoms with Gasteiger partial charge in [0, 0.05) is 18.5 Å². The van der Waals surface area contributed by atoms with Gasteiger partial charge in [-0.1, -0.05) is 50.3 Å². The fourth-order valence-electron chi connectivity index (χ4n) is 3.15. The topological polar surface area (TPSA) is 50.9 Å². The van der Waals surface area contributed by atoms with Gasteiger partial charge in [0.25, 0.3) is 0 Å². The van der Waals surface area contributed by atoms with Gasteiger partial charge in [0.1, 0.15) is 5.52 Å². The van der Waals surface area contributed by atoms with E-state index in [4.69, 9.17) is 5.11 Å². The lowest BCUT2D eigenvalue weighted by Crippen LogP contribution is -1.97. The minimum atomic E-state index is 0.330. The SMILES string of the molecule is OCCCCCCCCCn1cnc2cnc3ccccc3c21. The number of hydrogen-bond acceptors (Lipinski definition) is 3. The summed E-state index contributed by atoms with van der Waals surface area (Å²) < 4.78 is 2.27. The molecule has 3 aromatic rings. The van der Waals surface area contributed by atoms with E-state index in [0.29, 0.717) is 6.61 Å². The van der Waals surface area contributed by atoms with Crippen LogP contribution in [0.5, 0.6) is 0 Å². The highest BCUT2D eigenvalue weighted by Crippen LogP contribution is 2.23. The van der Waals surface area contributed by atoms with Crippen LogP contribution in [0.15, 0.2) is 36.8 Å². The van der Waals surface area contributed by atoms with Crippen molar-refractivity contribution in [3.63, 3.8) is 0 Å². The first-order chi connectivity index (χ1) is 11.4. The minimum Gasteiger partial charge on any atom is -0.396 e. The van der Waals surface area contributed by atoms with Gasteiger partial charge in [-0.05, 0) is 18.9 Å². The van der Waals surface area contributed by atoms with Gasteiger partial charge < -0.3 is 9.67 Å². The van der Waals surface area contributed by atoms with Crippen LogP contribution in [0.3, 0.4) is 0 Å². The van der Waals surface area contributed by atoms with Crippen LogP contribution in [0.2, 0.25) is 0 Å². The van der Waals surface area contributed by atoms with Crippen molar-refractivity contribution in [1.29, 1.82) is 0 Å². The third-order valence-electron chi connectivity index (χ3n) is 4.41. The van der Waals surface area contributed by atoms with Gasteiger partial charge in [-0.3, -0.25) is 4.98 Å². The Hall–Kier alpha value is -1.94. The maximum Gasteiger partial charge on any atom is 0.107 e. The van der Waals surface area contributed by atoms with Crippen molar-refractivity contribution in [3.05, 3.63) is 36.8 Å². The Morgan fingerprint density at radius 1 is 0.826 bits per heavy atom. The summed E-state index contributed by atoms with van der Waals surface area (Å²) in [5.74, 6) is 0. The second kappa shape index (κ2) is 8.06. The van der Waals surface area contributed by atoms with Gasteiger partial charge in [-0.25, -0.2) is 4.98 Å². The molecule has 122 valence electrons. The number of unbranched alkanes of at least 4 members (excludes halogenated alkanes) is 6. The van der Waals surface area contributed by atoms with Crippen LogP contribution in [0.1, 0.15) is 44.9 Å². The number of aliphatic hydroxyl groups excluding tert-OH is 1. The fourth-order valence-corrected chi connectivity index (χ4v) is 3.15. The van der Waals surface area contributed by atoms with Gasteiger partial charge in [0.15, 0.2) is 0 Å². The summed E-state index contributed by atoms with van der Waals surface area (Å²) in [6.07, 6.45) is 12.1. The van der Waals surface area contributed by atoms with Crippen LogP contribution in [0.4, 0.5) is 0 Å². The Kier molecular flexibility index (Phi) is 5.59. The highest BCUT2D eigenvalue weighted by atomic mass is 16.2. The Labute approximate surface area is 137 Å². The Bertz CT molecular complexity index is 751. The molecular formula is C19H25N3O. The molecule has 3 rings (SSSR count). The lowest BCUT2D eigenvalue weighted by atomic mass is 10.1. The van der Waals surface area contributed by atoms with Crippen molar-refractivity contribution >= 4 is 21.9 Å². The molecule has 0 spiro atoms. The van der Waals surface area contributed by atoms with Crippen molar-refractivity contribution in [2.45, 2.75) is 51.5 Å². The molecular weight excluding hydrogens is 286 g/mol. The summed E-state index contributed by atoms with van der Waals surface area (Å²) in [4.78, 5) is 8.97. The first-order valence-corrected chi connectivity index (χ1v) is 8.69. The zero-order chi connectivity index (χ0) is 15.9. The highest BCUT2D eigenvalue weighted by molar-refractivity contribution is 6.01. The van der Waals surface area contributed by atoms with Gasteiger partial charge in [-0.2, -0.15) is 0 Å². The van der Waals surface area contributed by atoms with E-state index in [1.165, 1.54) is 43.0 Å². The number of hydrogen-bond donors (Lipinski definition) is 1. The van der Waals surface area contributed by atoms with E-state index in [2.05, 4.69) is 32.7 Å². The van der Waals surface area contributed by atoms with E-state index in [0.717, 1.165) is 30.4 Å². The predicted octanol–water partition coefficient (Wildman–Crippen LogP) is 4.31. The first kappa shape index (κ1) is 15.9. The number of imidazole rings is 1. The molecule has 4 nitrogen and oxygen atoms in total. The lowest BCUT2D eigenvalue weighted by molar-refractivity contribution is 0.282. The molecule has 0 atom stereocenters. The molecule has 0 unspecified atom stereocenters. The third-order valence-corrected chi connectivity index (χ3v) is 4.41. The quantitative estimate of drug-likeness (QED) is 0.599. The third kappa shape index (κ3) is 3.88. The molecule has 2 aromatic heterocycles. The molecule has 0 bridgehead atoms. The summed E-state index contributed by atoms with van der Waals surface area (Å²) in [6.45, 7) is 1.34. The van der Waals surface area contributed by atoms with E-state index in [9.17, 15) is 0 Å². The van der Waals surface area contributed by atoms with E-state index in [1.54, 1.807) is 0 Å². The van der Waals surface area contributed by atoms with E-state index in [1.807, 2.05) is 18.6 Å². The molecule has 1 aromatic carbocycles. The van der Waals surface area contributed by atoms with Gasteiger partial charge in [-0.15, -0.1) is 0 Å². The van der Waals surface area contributed by atoms with E-state index in [-0.39, 0.29) is 0 Å². The molecule has 0 aliphatic carbocycles. The average molecular weight is 311 g/mol. The van der Waals surface area contributed by atoms with Crippen LogP contribution >= 0.6 is 0 Å². The number of fused-ring (bicyclic) bond motifs is 3. The summed E-state index contributed by atoms with van der Waals surface area (Å²) in [5, 5.41) is 9.95. The highest BCUT2D eigenvalue weighted by Gasteiger charge is 2.07. The summed E-state index contributed by atoms with van der Waals surface area (Å²) in [7, 11) is 0. The van der Waals surface area contributed by atoms with Crippen LogP contribution in [-0.4, -0.2) is 26.2 Å². The average Bonchev–Trinajstić information content (AvgIpc) is 3.01. The van der Waals surface area contributed by atoms with Crippen LogP contribution in [-0.2, 0) is 6.54 Å². The molecule has 4 heteroatoms. The molecule has 23 heavy (non-hydrogen) atoms. The summed E-state index contributed by atoms with van der Waals surface area (Å²) in [5.41, 5.74) is 3.22. The van der Waals surface area contributed by atoms with Crippen molar-refractivity contribution in [2.24, 2.45) is 0 Å². The number of aliphatic hydroxyl groups is 1. The number of aryl methyl sites for hydroxylation is 1. The molecule has 1 N–H and O–H groups in total. The van der Waals surface area contributed by atoms with Gasteiger partial charge in [0.2, 0.25) is 0 Å². The maximum atomic E-state index is 8.76. The van der Waals surface area contributed by atoms with Crippen molar-refractivity contribution in [2.75, 3.05) is 6.61 Å². The van der Waals surface area contributed by atoms with E-state index < -0.39 is 0 Å². The molecule has 0 amide bonds. The molecule has 0 radical (unpaired) electrons. The zero-order valence-corrected chi connectivity index (χ0v) is 13.6. The normalized spacial score (nSPS) is 11.5. The Balaban J connectivity index is 1.57. The minimum absolute atomic E-state index is 0.330. The van der Waals surface area contributed by atoms with Crippen molar-refractivity contribution in [3.8, 4) is 0 Å². The second-order valence-corrected chi connectivity index (χ2v) is 6.15. The standard InChI is InChI=1S/C19H25N3O/c23-13-9-5-3-1-2-4-8-12-22-15-21-18-14-20-17-11-7-6-10-16(17)19(18)22/h6-7,10-11,14-15,23H,1-5,8-9,12-13H2. The molecule has 0 saturated carbocycles. The Morgan fingerprint density at radius 2 is 1.57 bits per heavy atom.